The molecule has 1 heterocycles. The molecular formula is C12H25P3. The van der Waals surface area contributed by atoms with Crippen molar-refractivity contribution in [1.82, 2.24) is 0 Å². The van der Waals surface area contributed by atoms with Crippen molar-refractivity contribution in [2.24, 2.45) is 0 Å². The SMILES string of the molecule is C=CCP1CCCPCCCPC(C)C1. The lowest BCUT2D eigenvalue weighted by Gasteiger charge is -2.20. The van der Waals surface area contributed by atoms with Crippen molar-refractivity contribution in [2.75, 3.05) is 37.0 Å². The molecule has 0 saturated carbocycles. The second-order valence-electron chi connectivity index (χ2n) is 4.36. The molecule has 0 spiro atoms. The van der Waals surface area contributed by atoms with E-state index >= 15 is 0 Å². The zero-order valence-corrected chi connectivity index (χ0v) is 12.9. The molecule has 88 valence electrons. The predicted octanol–water partition coefficient (Wildman–Crippen LogP) is 4.19. The average molecular weight is 262 g/mol. The highest BCUT2D eigenvalue weighted by Crippen LogP contribution is 2.41. The zero-order valence-electron chi connectivity index (χ0n) is 9.97. The Labute approximate surface area is 100 Å². The number of allylic oxidation sites excluding steroid dienone is 1. The van der Waals surface area contributed by atoms with Gasteiger partial charge in [0.25, 0.3) is 0 Å². The standard InChI is InChI=1S/C12H25P3/c1-3-9-15-10-5-7-13-6-4-8-14-12(2)11-15/h3,12-14H,1,4-11H2,2H3. The lowest BCUT2D eigenvalue weighted by atomic mass is 10.5. The Morgan fingerprint density at radius 2 is 2.13 bits per heavy atom. The molecule has 0 aromatic carbocycles. The maximum Gasteiger partial charge on any atom is -0.0147 e. The fourth-order valence-electron chi connectivity index (χ4n) is 2.01. The molecule has 0 amide bonds. The van der Waals surface area contributed by atoms with Gasteiger partial charge in [-0.05, 0) is 55.5 Å². The van der Waals surface area contributed by atoms with Gasteiger partial charge in [0.2, 0.25) is 0 Å². The first kappa shape index (κ1) is 14.1. The molecular weight excluding hydrogens is 237 g/mol. The fraction of sp³-hybridized carbons (Fsp3) is 0.833. The third-order valence-corrected chi connectivity index (χ3v) is 8.86. The van der Waals surface area contributed by atoms with Gasteiger partial charge in [-0.15, -0.1) is 31.7 Å². The lowest BCUT2D eigenvalue weighted by Crippen LogP contribution is -2.05. The maximum absolute atomic E-state index is 3.91. The Morgan fingerprint density at radius 3 is 2.93 bits per heavy atom. The molecule has 1 rings (SSSR count). The topological polar surface area (TPSA) is 0 Å². The first-order valence-electron chi connectivity index (χ1n) is 6.10. The van der Waals surface area contributed by atoms with E-state index in [-0.39, 0.29) is 0 Å². The molecule has 0 aliphatic carbocycles. The molecule has 0 nitrogen and oxygen atoms in total. The maximum atomic E-state index is 3.91. The van der Waals surface area contributed by atoms with Gasteiger partial charge in [0, 0.05) is 0 Å². The van der Waals surface area contributed by atoms with E-state index in [1.54, 1.807) is 0 Å². The van der Waals surface area contributed by atoms with Gasteiger partial charge in [0.05, 0.1) is 0 Å². The van der Waals surface area contributed by atoms with Gasteiger partial charge < -0.3 is 0 Å². The molecule has 0 aromatic rings. The van der Waals surface area contributed by atoms with Crippen LogP contribution in [0.3, 0.4) is 0 Å². The molecule has 15 heavy (non-hydrogen) atoms. The van der Waals surface area contributed by atoms with Gasteiger partial charge in [-0.1, -0.05) is 13.0 Å². The summed E-state index contributed by atoms with van der Waals surface area (Å²) in [6.07, 6.45) is 14.0. The van der Waals surface area contributed by atoms with Crippen molar-refractivity contribution in [1.29, 1.82) is 0 Å². The van der Waals surface area contributed by atoms with Crippen LogP contribution in [0.15, 0.2) is 12.7 Å². The molecule has 0 radical (unpaired) electrons. The van der Waals surface area contributed by atoms with Crippen molar-refractivity contribution in [3.8, 4) is 0 Å². The van der Waals surface area contributed by atoms with Crippen molar-refractivity contribution >= 4 is 25.1 Å². The molecule has 1 fully saturated rings. The van der Waals surface area contributed by atoms with E-state index in [1.165, 1.54) is 67.0 Å². The normalized spacial score (nSPS) is 33.7. The summed E-state index contributed by atoms with van der Waals surface area (Å²) >= 11 is 0. The highest BCUT2D eigenvalue weighted by Gasteiger charge is 2.12. The van der Waals surface area contributed by atoms with E-state index in [0.29, 0.717) is 7.92 Å². The van der Waals surface area contributed by atoms with Gasteiger partial charge in [-0.25, -0.2) is 0 Å². The third kappa shape index (κ3) is 7.05. The summed E-state index contributed by atoms with van der Waals surface area (Å²) in [5.74, 6) is 0. The Hall–Kier alpha value is 1.03. The Kier molecular flexibility index (Phi) is 8.55. The van der Waals surface area contributed by atoms with Gasteiger partial charge in [0.1, 0.15) is 0 Å². The van der Waals surface area contributed by atoms with Gasteiger partial charge in [-0.3, -0.25) is 0 Å². The minimum Gasteiger partial charge on any atom is -0.122 e. The predicted molar refractivity (Wildman–Crippen MR) is 81.6 cm³/mol. The van der Waals surface area contributed by atoms with Crippen molar-refractivity contribution < 1.29 is 0 Å². The molecule has 1 saturated heterocycles. The third-order valence-electron chi connectivity index (χ3n) is 2.77. The quantitative estimate of drug-likeness (QED) is 0.517. The average Bonchev–Trinajstić information content (AvgIpc) is 2.25. The van der Waals surface area contributed by atoms with Crippen LogP contribution >= 0.6 is 25.1 Å². The zero-order chi connectivity index (χ0) is 10.9. The Balaban J connectivity index is 2.36. The summed E-state index contributed by atoms with van der Waals surface area (Å²) in [4.78, 5) is 0. The second-order valence-corrected chi connectivity index (χ2v) is 10.3. The molecule has 0 aromatic heterocycles. The van der Waals surface area contributed by atoms with Crippen LogP contribution in [0, 0.1) is 0 Å². The first-order chi connectivity index (χ1) is 7.33. The van der Waals surface area contributed by atoms with E-state index in [4.69, 9.17) is 0 Å². The largest absolute Gasteiger partial charge is 0.122 e. The molecule has 0 bridgehead atoms. The molecule has 3 heteroatoms. The molecule has 1 aliphatic rings. The van der Waals surface area contributed by atoms with E-state index in [1.807, 2.05) is 0 Å². The summed E-state index contributed by atoms with van der Waals surface area (Å²) in [7, 11) is 2.78. The Bertz CT molecular complexity index is 170. The fourth-order valence-corrected chi connectivity index (χ4v) is 8.18. The van der Waals surface area contributed by atoms with Gasteiger partial charge >= 0.3 is 0 Å². The Morgan fingerprint density at radius 1 is 1.33 bits per heavy atom. The molecule has 1 aliphatic heterocycles. The summed E-state index contributed by atoms with van der Waals surface area (Å²) in [5, 5.41) is 0. The van der Waals surface area contributed by atoms with Crippen LogP contribution in [0.25, 0.3) is 0 Å². The van der Waals surface area contributed by atoms with Gasteiger partial charge in [0.15, 0.2) is 0 Å². The van der Waals surface area contributed by atoms with E-state index in [9.17, 15) is 0 Å². The molecule has 4 unspecified atom stereocenters. The number of hydrogen-bond acceptors (Lipinski definition) is 0. The van der Waals surface area contributed by atoms with Crippen LogP contribution in [-0.4, -0.2) is 42.6 Å². The van der Waals surface area contributed by atoms with Crippen LogP contribution in [0.5, 0.6) is 0 Å². The number of hydrogen-bond donors (Lipinski definition) is 0. The van der Waals surface area contributed by atoms with Crippen molar-refractivity contribution in [2.45, 2.75) is 25.4 Å². The van der Waals surface area contributed by atoms with Crippen LogP contribution < -0.4 is 0 Å². The highest BCUT2D eigenvalue weighted by atomic mass is 31.1. The van der Waals surface area contributed by atoms with Crippen LogP contribution in [-0.2, 0) is 0 Å². The summed E-state index contributed by atoms with van der Waals surface area (Å²) in [6.45, 7) is 6.38. The second kappa shape index (κ2) is 9.10. The minimum atomic E-state index is 0.298. The van der Waals surface area contributed by atoms with Crippen molar-refractivity contribution in [3.63, 3.8) is 0 Å². The van der Waals surface area contributed by atoms with Crippen LogP contribution in [0.2, 0.25) is 0 Å². The monoisotopic (exact) mass is 262 g/mol. The smallest absolute Gasteiger partial charge is 0.0147 e. The number of rotatable bonds is 2. The minimum absolute atomic E-state index is 0.298. The van der Waals surface area contributed by atoms with E-state index in [2.05, 4.69) is 19.6 Å². The lowest BCUT2D eigenvalue weighted by molar-refractivity contribution is 1.06. The first-order valence-corrected chi connectivity index (χ1v) is 10.7. The summed E-state index contributed by atoms with van der Waals surface area (Å²) in [6, 6.07) is 0. The van der Waals surface area contributed by atoms with E-state index in [0.717, 1.165) is 5.66 Å². The van der Waals surface area contributed by atoms with Crippen LogP contribution in [0.4, 0.5) is 0 Å². The van der Waals surface area contributed by atoms with E-state index < -0.39 is 0 Å². The van der Waals surface area contributed by atoms with Gasteiger partial charge in [-0.2, -0.15) is 0 Å². The highest BCUT2D eigenvalue weighted by molar-refractivity contribution is 7.58. The molecule has 0 N–H and O–H groups in total. The van der Waals surface area contributed by atoms with Crippen molar-refractivity contribution in [3.05, 3.63) is 12.7 Å². The van der Waals surface area contributed by atoms with Crippen LogP contribution in [0.1, 0.15) is 19.8 Å². The molecule has 4 atom stereocenters. The summed E-state index contributed by atoms with van der Waals surface area (Å²) in [5.41, 5.74) is 0.998. The summed E-state index contributed by atoms with van der Waals surface area (Å²) < 4.78 is 0.